The molecule has 120 valence electrons. The number of ether oxygens (including phenoxy) is 2. The molecule has 0 aliphatic carbocycles. The van der Waals surface area contributed by atoms with Crippen molar-refractivity contribution < 1.29 is 17.9 Å². The fraction of sp³-hybridized carbons (Fsp3) is 0.500. The minimum Gasteiger partial charge on any atom is -0.486 e. The first-order valence-corrected chi connectivity index (χ1v) is 8.06. The first-order valence-electron chi connectivity index (χ1n) is 6.20. The third kappa shape index (κ3) is 4.37. The summed E-state index contributed by atoms with van der Waals surface area (Å²) in [6, 6.07) is 2.87. The summed E-state index contributed by atoms with van der Waals surface area (Å²) < 4.78 is 37.7. The van der Waals surface area contributed by atoms with Gasteiger partial charge in [0.15, 0.2) is 11.5 Å². The molecule has 1 aromatic carbocycles. The SMILES string of the molecule is CNC(C)CNS(=O)(=O)c1cc2c(cc1Cl)OCCO2.Cl. The van der Waals surface area contributed by atoms with Gasteiger partial charge in [-0.3, -0.25) is 0 Å². The first kappa shape index (κ1) is 18.3. The summed E-state index contributed by atoms with van der Waals surface area (Å²) in [4.78, 5) is -0.00767. The third-order valence-electron chi connectivity index (χ3n) is 2.96. The molecule has 1 aliphatic rings. The van der Waals surface area contributed by atoms with Crippen LogP contribution in [0.4, 0.5) is 0 Å². The van der Waals surface area contributed by atoms with Gasteiger partial charge in [0.25, 0.3) is 0 Å². The van der Waals surface area contributed by atoms with Crippen molar-refractivity contribution in [2.45, 2.75) is 17.9 Å². The van der Waals surface area contributed by atoms with Gasteiger partial charge in [0.1, 0.15) is 18.1 Å². The largest absolute Gasteiger partial charge is 0.486 e. The summed E-state index contributed by atoms with van der Waals surface area (Å²) in [6.45, 7) is 2.95. The number of nitrogens with one attached hydrogen (secondary N) is 2. The van der Waals surface area contributed by atoms with E-state index in [4.69, 9.17) is 21.1 Å². The van der Waals surface area contributed by atoms with Gasteiger partial charge in [-0.2, -0.15) is 0 Å². The molecule has 1 atom stereocenters. The summed E-state index contributed by atoms with van der Waals surface area (Å²) >= 11 is 6.02. The van der Waals surface area contributed by atoms with Crippen molar-refractivity contribution in [2.75, 3.05) is 26.8 Å². The van der Waals surface area contributed by atoms with Gasteiger partial charge in [-0.25, -0.2) is 13.1 Å². The fourth-order valence-corrected chi connectivity index (χ4v) is 3.33. The lowest BCUT2D eigenvalue weighted by Gasteiger charge is -2.20. The average molecular weight is 357 g/mol. The second kappa shape index (κ2) is 7.51. The molecular formula is C12H18Cl2N2O4S. The predicted octanol–water partition coefficient (Wildman–Crippen LogP) is 1.42. The molecule has 0 bridgehead atoms. The number of benzene rings is 1. The van der Waals surface area contributed by atoms with Crippen LogP contribution in [0.3, 0.4) is 0 Å². The molecule has 0 aromatic heterocycles. The summed E-state index contributed by atoms with van der Waals surface area (Å²) in [5, 5.41) is 3.06. The Morgan fingerprint density at radius 1 is 1.29 bits per heavy atom. The van der Waals surface area contributed by atoms with Crippen molar-refractivity contribution in [1.29, 1.82) is 0 Å². The molecule has 1 aromatic rings. The highest BCUT2D eigenvalue weighted by Crippen LogP contribution is 2.37. The highest BCUT2D eigenvalue weighted by Gasteiger charge is 2.23. The van der Waals surface area contributed by atoms with Crippen molar-refractivity contribution in [2.24, 2.45) is 0 Å². The molecule has 0 fully saturated rings. The highest BCUT2D eigenvalue weighted by molar-refractivity contribution is 7.89. The minimum absolute atomic E-state index is 0. The molecule has 1 heterocycles. The van der Waals surface area contributed by atoms with Crippen molar-refractivity contribution in [3.8, 4) is 11.5 Å². The van der Waals surface area contributed by atoms with E-state index in [1.807, 2.05) is 6.92 Å². The fourth-order valence-electron chi connectivity index (χ4n) is 1.67. The van der Waals surface area contributed by atoms with Gasteiger partial charge in [-0.05, 0) is 14.0 Å². The topological polar surface area (TPSA) is 76.7 Å². The number of rotatable bonds is 5. The van der Waals surface area contributed by atoms with E-state index in [-0.39, 0.29) is 34.9 Å². The van der Waals surface area contributed by atoms with Gasteiger partial charge in [0.05, 0.1) is 5.02 Å². The molecule has 0 saturated carbocycles. The molecule has 2 rings (SSSR count). The molecular weight excluding hydrogens is 339 g/mol. The summed E-state index contributed by atoms with van der Waals surface area (Å²) in [6.07, 6.45) is 0. The Morgan fingerprint density at radius 2 is 1.86 bits per heavy atom. The van der Waals surface area contributed by atoms with Crippen LogP contribution in [0.5, 0.6) is 11.5 Å². The molecule has 6 nitrogen and oxygen atoms in total. The van der Waals surface area contributed by atoms with Crippen LogP contribution in [0.2, 0.25) is 5.02 Å². The summed E-state index contributed by atoms with van der Waals surface area (Å²) in [7, 11) is -1.93. The Labute approximate surface area is 135 Å². The zero-order chi connectivity index (χ0) is 14.8. The Kier molecular flexibility index (Phi) is 6.55. The van der Waals surface area contributed by atoms with Crippen LogP contribution in [-0.4, -0.2) is 41.3 Å². The zero-order valence-electron chi connectivity index (χ0n) is 11.7. The Bertz CT molecular complexity index is 595. The van der Waals surface area contributed by atoms with Crippen LogP contribution in [0.15, 0.2) is 17.0 Å². The van der Waals surface area contributed by atoms with Crippen LogP contribution in [0.1, 0.15) is 6.92 Å². The van der Waals surface area contributed by atoms with E-state index in [1.165, 1.54) is 12.1 Å². The third-order valence-corrected chi connectivity index (χ3v) is 4.85. The standard InChI is InChI=1S/C12H17ClN2O4S.ClH/c1-8(14-2)7-15-20(16,17)12-6-11-10(5-9(12)13)18-3-4-19-11;/h5-6,8,14-15H,3-4,7H2,1-2H3;1H. The molecule has 0 radical (unpaired) electrons. The van der Waals surface area contributed by atoms with E-state index in [1.54, 1.807) is 7.05 Å². The summed E-state index contributed by atoms with van der Waals surface area (Å²) in [5.41, 5.74) is 0. The van der Waals surface area contributed by atoms with E-state index < -0.39 is 10.0 Å². The maximum Gasteiger partial charge on any atom is 0.242 e. The number of likely N-dealkylation sites (N-methyl/N-ethyl adjacent to an activating group) is 1. The normalized spacial score (nSPS) is 15.2. The Hall–Kier alpha value is -0.730. The van der Waals surface area contributed by atoms with Crippen LogP contribution in [0.25, 0.3) is 0 Å². The lowest BCUT2D eigenvalue weighted by molar-refractivity contribution is 0.171. The number of hydrogen-bond acceptors (Lipinski definition) is 5. The Balaban J connectivity index is 0.00000220. The molecule has 21 heavy (non-hydrogen) atoms. The highest BCUT2D eigenvalue weighted by atomic mass is 35.5. The molecule has 0 spiro atoms. The monoisotopic (exact) mass is 356 g/mol. The molecule has 0 amide bonds. The van der Waals surface area contributed by atoms with E-state index in [9.17, 15) is 8.42 Å². The number of halogens is 2. The second-order valence-electron chi connectivity index (χ2n) is 4.47. The zero-order valence-corrected chi connectivity index (χ0v) is 14.1. The van der Waals surface area contributed by atoms with Gasteiger partial charge in [-0.15, -0.1) is 12.4 Å². The number of sulfonamides is 1. The lowest BCUT2D eigenvalue weighted by atomic mass is 10.3. The maximum absolute atomic E-state index is 12.2. The molecule has 9 heteroatoms. The molecule has 1 aliphatic heterocycles. The van der Waals surface area contributed by atoms with Crippen molar-refractivity contribution in [3.63, 3.8) is 0 Å². The maximum atomic E-state index is 12.2. The predicted molar refractivity (Wildman–Crippen MR) is 83.4 cm³/mol. The van der Waals surface area contributed by atoms with Crippen LogP contribution in [0, 0.1) is 0 Å². The van der Waals surface area contributed by atoms with Crippen molar-refractivity contribution in [1.82, 2.24) is 10.0 Å². The number of hydrogen-bond donors (Lipinski definition) is 2. The van der Waals surface area contributed by atoms with E-state index in [0.717, 1.165) is 0 Å². The van der Waals surface area contributed by atoms with E-state index in [0.29, 0.717) is 24.7 Å². The number of fused-ring (bicyclic) bond motifs is 1. The molecule has 2 N–H and O–H groups in total. The van der Waals surface area contributed by atoms with Crippen molar-refractivity contribution in [3.05, 3.63) is 17.2 Å². The van der Waals surface area contributed by atoms with Crippen molar-refractivity contribution >= 4 is 34.0 Å². The average Bonchev–Trinajstić information content (AvgIpc) is 2.44. The van der Waals surface area contributed by atoms with Gasteiger partial charge >= 0.3 is 0 Å². The van der Waals surface area contributed by atoms with E-state index >= 15 is 0 Å². The molecule has 1 unspecified atom stereocenters. The van der Waals surface area contributed by atoms with Crippen LogP contribution in [-0.2, 0) is 10.0 Å². The lowest BCUT2D eigenvalue weighted by Crippen LogP contribution is -2.37. The van der Waals surface area contributed by atoms with Gasteiger partial charge in [0, 0.05) is 24.7 Å². The Morgan fingerprint density at radius 3 is 2.43 bits per heavy atom. The van der Waals surface area contributed by atoms with Gasteiger partial charge in [0.2, 0.25) is 10.0 Å². The van der Waals surface area contributed by atoms with Gasteiger partial charge < -0.3 is 14.8 Å². The molecule has 0 saturated heterocycles. The second-order valence-corrected chi connectivity index (χ2v) is 6.61. The quantitative estimate of drug-likeness (QED) is 0.834. The van der Waals surface area contributed by atoms with Crippen LogP contribution < -0.4 is 19.5 Å². The summed E-state index contributed by atoms with van der Waals surface area (Å²) in [5.74, 6) is 0.853. The smallest absolute Gasteiger partial charge is 0.242 e. The minimum atomic E-state index is -3.69. The van der Waals surface area contributed by atoms with E-state index in [2.05, 4.69) is 10.0 Å². The first-order chi connectivity index (χ1) is 9.44. The van der Waals surface area contributed by atoms with Gasteiger partial charge in [-0.1, -0.05) is 11.6 Å². The van der Waals surface area contributed by atoms with Crippen LogP contribution >= 0.6 is 24.0 Å².